The average Bonchev–Trinajstić information content (AvgIpc) is 2.87. The smallest absolute Gasteiger partial charge is 0.213 e. The molecule has 0 aromatic carbocycles. The molecule has 0 fully saturated rings. The number of nitrogens with one attached hydrogen (secondary N) is 1. The molecule has 2 rings (SSSR count). The monoisotopic (exact) mass is 206 g/mol. The van der Waals surface area contributed by atoms with Crippen LogP contribution in [0.2, 0.25) is 0 Å². The van der Waals surface area contributed by atoms with Crippen LogP contribution in [0.5, 0.6) is 0 Å². The third kappa shape index (κ3) is 2.44. The molecule has 0 amide bonds. The Morgan fingerprint density at radius 2 is 2.47 bits per heavy atom. The second kappa shape index (κ2) is 4.75. The van der Waals surface area contributed by atoms with E-state index >= 15 is 0 Å². The van der Waals surface area contributed by atoms with Gasteiger partial charge in [-0.25, -0.2) is 0 Å². The van der Waals surface area contributed by atoms with Gasteiger partial charge in [0.05, 0.1) is 6.54 Å². The van der Waals surface area contributed by atoms with E-state index in [1.165, 1.54) is 12.1 Å². The lowest BCUT2D eigenvalue weighted by atomic mass is 10.4. The summed E-state index contributed by atoms with van der Waals surface area (Å²) in [6.07, 6.45) is 3.37. The van der Waals surface area contributed by atoms with Gasteiger partial charge in [-0.2, -0.15) is 4.98 Å². The van der Waals surface area contributed by atoms with E-state index in [1.807, 2.05) is 12.3 Å². The van der Waals surface area contributed by atoms with E-state index in [-0.39, 0.29) is 0 Å². The number of aromatic nitrogens is 3. The van der Waals surface area contributed by atoms with Crippen LogP contribution in [0, 0.1) is 0 Å². The zero-order chi connectivity index (χ0) is 10.5. The topological polar surface area (TPSA) is 55.9 Å². The SMILES string of the molecule is CCNCc1cccn1Cc1ncon1. The van der Waals surface area contributed by atoms with Crippen molar-refractivity contribution < 1.29 is 4.52 Å². The first-order chi connectivity index (χ1) is 7.40. The molecular weight excluding hydrogens is 192 g/mol. The molecule has 0 saturated heterocycles. The largest absolute Gasteiger partial charge is 0.343 e. The molecule has 2 heterocycles. The molecule has 0 atom stereocenters. The summed E-state index contributed by atoms with van der Waals surface area (Å²) in [5.41, 5.74) is 1.22. The highest BCUT2D eigenvalue weighted by molar-refractivity contribution is 5.08. The van der Waals surface area contributed by atoms with Crippen LogP contribution in [-0.4, -0.2) is 21.3 Å². The zero-order valence-corrected chi connectivity index (χ0v) is 8.68. The molecule has 2 aromatic rings. The normalized spacial score (nSPS) is 10.7. The van der Waals surface area contributed by atoms with Gasteiger partial charge in [-0.05, 0) is 18.7 Å². The molecule has 1 N–H and O–H groups in total. The van der Waals surface area contributed by atoms with Gasteiger partial charge in [-0.1, -0.05) is 12.1 Å². The molecular formula is C10H14N4O. The van der Waals surface area contributed by atoms with Gasteiger partial charge in [-0.15, -0.1) is 0 Å². The van der Waals surface area contributed by atoms with Crippen molar-refractivity contribution >= 4 is 0 Å². The summed E-state index contributed by atoms with van der Waals surface area (Å²) in [4.78, 5) is 3.99. The fraction of sp³-hybridized carbons (Fsp3) is 0.400. The highest BCUT2D eigenvalue weighted by atomic mass is 16.5. The second-order valence-electron chi connectivity index (χ2n) is 3.26. The fourth-order valence-electron chi connectivity index (χ4n) is 1.43. The summed E-state index contributed by atoms with van der Waals surface area (Å²) in [6, 6.07) is 4.11. The summed E-state index contributed by atoms with van der Waals surface area (Å²) < 4.78 is 6.80. The Hall–Kier alpha value is -1.62. The third-order valence-electron chi connectivity index (χ3n) is 2.20. The van der Waals surface area contributed by atoms with Gasteiger partial charge in [0, 0.05) is 18.4 Å². The van der Waals surface area contributed by atoms with Crippen LogP contribution in [0.4, 0.5) is 0 Å². The highest BCUT2D eigenvalue weighted by Crippen LogP contribution is 2.04. The van der Waals surface area contributed by atoms with E-state index in [9.17, 15) is 0 Å². The van der Waals surface area contributed by atoms with Crippen LogP contribution in [0.1, 0.15) is 18.4 Å². The minimum atomic E-state index is 0.657. The van der Waals surface area contributed by atoms with Gasteiger partial charge in [0.15, 0.2) is 5.82 Å². The van der Waals surface area contributed by atoms with Crippen LogP contribution < -0.4 is 5.32 Å². The maximum Gasteiger partial charge on any atom is 0.213 e. The third-order valence-corrected chi connectivity index (χ3v) is 2.20. The predicted octanol–water partition coefficient (Wildman–Crippen LogP) is 1.03. The lowest BCUT2D eigenvalue weighted by Crippen LogP contribution is -2.15. The van der Waals surface area contributed by atoms with Crippen molar-refractivity contribution in [2.45, 2.75) is 20.0 Å². The Morgan fingerprint density at radius 1 is 1.53 bits per heavy atom. The van der Waals surface area contributed by atoms with E-state index in [4.69, 9.17) is 4.52 Å². The number of nitrogens with zero attached hydrogens (tertiary/aromatic N) is 3. The van der Waals surface area contributed by atoms with Crippen molar-refractivity contribution in [2.24, 2.45) is 0 Å². The summed E-state index contributed by atoms with van der Waals surface area (Å²) in [6.45, 7) is 4.57. The van der Waals surface area contributed by atoms with Gasteiger partial charge in [0.2, 0.25) is 6.39 Å². The van der Waals surface area contributed by atoms with Crippen LogP contribution in [0.3, 0.4) is 0 Å². The lowest BCUT2D eigenvalue weighted by molar-refractivity contribution is 0.408. The molecule has 0 unspecified atom stereocenters. The Kier molecular flexibility index (Phi) is 3.14. The second-order valence-corrected chi connectivity index (χ2v) is 3.26. The van der Waals surface area contributed by atoms with Crippen molar-refractivity contribution in [1.82, 2.24) is 20.0 Å². The number of hydrogen-bond acceptors (Lipinski definition) is 4. The van der Waals surface area contributed by atoms with E-state index in [0.717, 1.165) is 13.1 Å². The Morgan fingerprint density at radius 3 is 3.20 bits per heavy atom. The maximum atomic E-state index is 4.69. The number of hydrogen-bond donors (Lipinski definition) is 1. The molecule has 5 heteroatoms. The van der Waals surface area contributed by atoms with Crippen molar-refractivity contribution in [3.63, 3.8) is 0 Å². The summed E-state index contributed by atoms with van der Waals surface area (Å²) in [5.74, 6) is 0.698. The molecule has 0 radical (unpaired) electrons. The standard InChI is InChI=1S/C10H14N4O/c1-2-11-6-9-4-3-5-14(9)7-10-12-8-15-13-10/h3-5,8,11H,2,6-7H2,1H3. The first-order valence-electron chi connectivity index (χ1n) is 5.00. The maximum absolute atomic E-state index is 4.69. The molecule has 0 aliphatic heterocycles. The Bertz CT molecular complexity index is 393. The molecule has 0 bridgehead atoms. The number of rotatable bonds is 5. The molecule has 0 aliphatic carbocycles. The van der Waals surface area contributed by atoms with Crippen molar-refractivity contribution in [3.8, 4) is 0 Å². The summed E-state index contributed by atoms with van der Waals surface area (Å²) in [7, 11) is 0. The minimum Gasteiger partial charge on any atom is -0.343 e. The molecule has 2 aromatic heterocycles. The summed E-state index contributed by atoms with van der Waals surface area (Å²) in [5, 5.41) is 7.07. The van der Waals surface area contributed by atoms with Crippen LogP contribution in [0.15, 0.2) is 29.2 Å². The molecule has 0 spiro atoms. The van der Waals surface area contributed by atoms with Gasteiger partial charge in [0.1, 0.15) is 0 Å². The molecule has 0 saturated carbocycles. The first-order valence-corrected chi connectivity index (χ1v) is 5.00. The van der Waals surface area contributed by atoms with Crippen molar-refractivity contribution in [1.29, 1.82) is 0 Å². The van der Waals surface area contributed by atoms with Gasteiger partial charge in [-0.3, -0.25) is 0 Å². The molecule has 0 aliphatic rings. The van der Waals surface area contributed by atoms with Crippen LogP contribution >= 0.6 is 0 Å². The zero-order valence-electron chi connectivity index (χ0n) is 8.68. The van der Waals surface area contributed by atoms with E-state index in [2.05, 4.69) is 33.0 Å². The minimum absolute atomic E-state index is 0.657. The highest BCUT2D eigenvalue weighted by Gasteiger charge is 2.03. The summed E-state index contributed by atoms with van der Waals surface area (Å²) >= 11 is 0. The van der Waals surface area contributed by atoms with E-state index in [0.29, 0.717) is 12.4 Å². The van der Waals surface area contributed by atoms with Crippen molar-refractivity contribution in [2.75, 3.05) is 6.54 Å². The molecule has 15 heavy (non-hydrogen) atoms. The van der Waals surface area contributed by atoms with E-state index in [1.54, 1.807) is 0 Å². The van der Waals surface area contributed by atoms with E-state index < -0.39 is 0 Å². The van der Waals surface area contributed by atoms with Crippen LogP contribution in [0.25, 0.3) is 0 Å². The van der Waals surface area contributed by atoms with Gasteiger partial charge >= 0.3 is 0 Å². The fourth-order valence-corrected chi connectivity index (χ4v) is 1.43. The lowest BCUT2D eigenvalue weighted by Gasteiger charge is -2.06. The van der Waals surface area contributed by atoms with Crippen molar-refractivity contribution in [3.05, 3.63) is 36.2 Å². The molecule has 80 valence electrons. The van der Waals surface area contributed by atoms with Crippen LogP contribution in [-0.2, 0) is 13.1 Å². The quantitative estimate of drug-likeness (QED) is 0.793. The first kappa shape index (κ1) is 9.92. The Balaban J connectivity index is 2.04. The Labute approximate surface area is 88.1 Å². The van der Waals surface area contributed by atoms with Gasteiger partial charge in [0.25, 0.3) is 0 Å². The average molecular weight is 206 g/mol. The van der Waals surface area contributed by atoms with Gasteiger partial charge < -0.3 is 14.4 Å². The molecule has 5 nitrogen and oxygen atoms in total. The predicted molar refractivity (Wildman–Crippen MR) is 55.2 cm³/mol.